The molecule has 0 unspecified atom stereocenters. The summed E-state index contributed by atoms with van der Waals surface area (Å²) in [5, 5.41) is 11.2. The van der Waals surface area contributed by atoms with Crippen LogP contribution in [0, 0.1) is 0 Å². The van der Waals surface area contributed by atoms with Gasteiger partial charge in [0.2, 0.25) is 0 Å². The number of rotatable bonds is 2. The molecule has 17 heavy (non-hydrogen) atoms. The fourth-order valence-corrected chi connectivity index (χ4v) is 2.71. The van der Waals surface area contributed by atoms with Crippen molar-refractivity contribution in [2.75, 3.05) is 0 Å². The first kappa shape index (κ1) is 10.5. The van der Waals surface area contributed by atoms with E-state index in [0.717, 1.165) is 27.3 Å². The van der Waals surface area contributed by atoms with Crippen LogP contribution in [0.2, 0.25) is 0 Å². The Morgan fingerprint density at radius 2 is 2.24 bits per heavy atom. The summed E-state index contributed by atoms with van der Waals surface area (Å²) in [6.45, 7) is 0.0649. The average Bonchev–Trinajstić information content (AvgIpc) is 2.97. The van der Waals surface area contributed by atoms with Gasteiger partial charge in [-0.25, -0.2) is 4.98 Å². The minimum atomic E-state index is 0.0649. The smallest absolute Gasteiger partial charge is 0.150 e. The lowest BCUT2D eigenvalue weighted by Gasteiger charge is -2.00. The normalized spacial score (nSPS) is 11.2. The number of aromatic nitrogens is 2. The Morgan fingerprint density at radius 1 is 1.35 bits per heavy atom. The van der Waals surface area contributed by atoms with Crippen LogP contribution in [-0.4, -0.2) is 14.7 Å². The molecule has 4 heteroatoms. The molecular weight excluding hydrogens is 232 g/mol. The van der Waals surface area contributed by atoms with Gasteiger partial charge < -0.3 is 9.67 Å². The number of thiophene rings is 1. The second-order valence-corrected chi connectivity index (χ2v) is 4.90. The number of imidazole rings is 1. The Hall–Kier alpha value is -1.65. The first-order valence-electron chi connectivity index (χ1n) is 5.39. The number of hydrogen-bond acceptors (Lipinski definition) is 3. The van der Waals surface area contributed by atoms with Crippen molar-refractivity contribution in [2.24, 2.45) is 7.05 Å². The molecule has 2 heterocycles. The van der Waals surface area contributed by atoms with Crippen molar-refractivity contribution >= 4 is 22.4 Å². The van der Waals surface area contributed by atoms with Gasteiger partial charge in [-0.2, -0.15) is 0 Å². The summed E-state index contributed by atoms with van der Waals surface area (Å²) in [4.78, 5) is 5.78. The van der Waals surface area contributed by atoms with Crippen LogP contribution in [0.15, 0.2) is 35.7 Å². The molecule has 0 bridgehead atoms. The number of fused-ring (bicyclic) bond motifs is 1. The lowest BCUT2D eigenvalue weighted by Crippen LogP contribution is -1.91. The molecule has 1 aromatic carbocycles. The van der Waals surface area contributed by atoms with Crippen LogP contribution >= 0.6 is 11.3 Å². The van der Waals surface area contributed by atoms with E-state index in [-0.39, 0.29) is 6.61 Å². The van der Waals surface area contributed by atoms with Gasteiger partial charge in [0.15, 0.2) is 5.82 Å². The maximum Gasteiger partial charge on any atom is 0.150 e. The van der Waals surface area contributed by atoms with Crippen molar-refractivity contribution in [2.45, 2.75) is 6.61 Å². The molecule has 0 fully saturated rings. The average molecular weight is 244 g/mol. The number of benzene rings is 1. The molecule has 0 amide bonds. The SMILES string of the molecule is Cn1c(-c2cccs2)nc2ccc(CO)cc21. The molecule has 3 nitrogen and oxygen atoms in total. The van der Waals surface area contributed by atoms with E-state index in [4.69, 9.17) is 5.11 Å². The van der Waals surface area contributed by atoms with E-state index >= 15 is 0 Å². The van der Waals surface area contributed by atoms with Crippen LogP contribution in [0.4, 0.5) is 0 Å². The maximum atomic E-state index is 9.15. The van der Waals surface area contributed by atoms with E-state index in [2.05, 4.69) is 15.6 Å². The Morgan fingerprint density at radius 3 is 2.94 bits per heavy atom. The minimum Gasteiger partial charge on any atom is -0.392 e. The molecule has 0 radical (unpaired) electrons. The lowest BCUT2D eigenvalue weighted by molar-refractivity contribution is 0.282. The van der Waals surface area contributed by atoms with Crippen LogP contribution in [0.1, 0.15) is 5.56 Å². The highest BCUT2D eigenvalue weighted by Gasteiger charge is 2.10. The predicted molar refractivity (Wildman–Crippen MR) is 69.9 cm³/mol. The molecule has 3 aromatic rings. The Balaban J connectivity index is 2.25. The number of nitrogens with zero attached hydrogens (tertiary/aromatic N) is 2. The van der Waals surface area contributed by atoms with E-state index < -0.39 is 0 Å². The van der Waals surface area contributed by atoms with E-state index in [1.807, 2.05) is 36.7 Å². The zero-order valence-electron chi connectivity index (χ0n) is 9.42. The van der Waals surface area contributed by atoms with Crippen molar-refractivity contribution < 1.29 is 5.11 Å². The topological polar surface area (TPSA) is 38.0 Å². The van der Waals surface area contributed by atoms with Crippen molar-refractivity contribution in [1.29, 1.82) is 0 Å². The van der Waals surface area contributed by atoms with Crippen LogP contribution in [-0.2, 0) is 13.7 Å². The third-order valence-electron chi connectivity index (χ3n) is 2.87. The summed E-state index contributed by atoms with van der Waals surface area (Å²) < 4.78 is 2.07. The van der Waals surface area contributed by atoms with Crippen molar-refractivity contribution in [1.82, 2.24) is 9.55 Å². The molecular formula is C13H12N2OS. The number of aliphatic hydroxyl groups excluding tert-OH is 1. The fraction of sp³-hybridized carbons (Fsp3) is 0.154. The van der Waals surface area contributed by atoms with Crippen molar-refractivity contribution in [3.63, 3.8) is 0 Å². The summed E-state index contributed by atoms with van der Waals surface area (Å²) in [7, 11) is 2.01. The zero-order valence-corrected chi connectivity index (χ0v) is 10.2. The quantitative estimate of drug-likeness (QED) is 0.752. The highest BCUT2D eigenvalue weighted by atomic mass is 32.1. The molecule has 0 atom stereocenters. The van der Waals surface area contributed by atoms with Gasteiger partial charge in [0, 0.05) is 7.05 Å². The third-order valence-corrected chi connectivity index (χ3v) is 3.74. The van der Waals surface area contributed by atoms with Gasteiger partial charge in [-0.1, -0.05) is 12.1 Å². The molecule has 0 spiro atoms. The molecule has 0 aliphatic heterocycles. The van der Waals surface area contributed by atoms with Crippen LogP contribution in [0.3, 0.4) is 0 Å². The number of aliphatic hydroxyl groups is 1. The summed E-state index contributed by atoms with van der Waals surface area (Å²) in [6, 6.07) is 9.95. The van der Waals surface area contributed by atoms with Crippen molar-refractivity contribution in [3.8, 4) is 10.7 Å². The molecule has 2 aromatic heterocycles. The number of hydrogen-bond donors (Lipinski definition) is 1. The van der Waals surface area contributed by atoms with Gasteiger partial charge in [-0.05, 0) is 29.1 Å². The van der Waals surface area contributed by atoms with Crippen LogP contribution in [0.5, 0.6) is 0 Å². The van der Waals surface area contributed by atoms with E-state index in [9.17, 15) is 0 Å². The van der Waals surface area contributed by atoms with Gasteiger partial charge >= 0.3 is 0 Å². The molecule has 0 aliphatic carbocycles. The Labute approximate surface area is 103 Å². The fourth-order valence-electron chi connectivity index (χ4n) is 1.96. The predicted octanol–water partition coefficient (Wildman–Crippen LogP) is 2.79. The van der Waals surface area contributed by atoms with Crippen molar-refractivity contribution in [3.05, 3.63) is 41.3 Å². The third kappa shape index (κ3) is 1.66. The first-order chi connectivity index (χ1) is 8.29. The van der Waals surface area contributed by atoms with E-state index in [0.29, 0.717) is 0 Å². The summed E-state index contributed by atoms with van der Waals surface area (Å²) >= 11 is 1.68. The second-order valence-electron chi connectivity index (χ2n) is 3.95. The maximum absolute atomic E-state index is 9.15. The summed E-state index contributed by atoms with van der Waals surface area (Å²) in [5.74, 6) is 0.977. The molecule has 1 N–H and O–H groups in total. The molecule has 0 saturated carbocycles. The largest absolute Gasteiger partial charge is 0.392 e. The highest BCUT2D eigenvalue weighted by Crippen LogP contribution is 2.27. The zero-order chi connectivity index (χ0) is 11.8. The van der Waals surface area contributed by atoms with Gasteiger partial charge in [0.25, 0.3) is 0 Å². The van der Waals surface area contributed by atoms with Crippen LogP contribution in [0.25, 0.3) is 21.7 Å². The summed E-state index contributed by atoms with van der Waals surface area (Å²) in [6.07, 6.45) is 0. The molecule has 0 saturated heterocycles. The lowest BCUT2D eigenvalue weighted by atomic mass is 10.2. The number of aryl methyl sites for hydroxylation is 1. The standard InChI is InChI=1S/C13H12N2OS/c1-15-11-7-9(8-16)4-5-10(11)14-13(15)12-3-2-6-17-12/h2-7,16H,8H2,1H3. The summed E-state index contributed by atoms with van der Waals surface area (Å²) in [5.41, 5.74) is 2.94. The Kier molecular flexibility index (Phi) is 2.46. The van der Waals surface area contributed by atoms with E-state index in [1.54, 1.807) is 11.3 Å². The van der Waals surface area contributed by atoms with Crippen LogP contribution < -0.4 is 0 Å². The molecule has 3 rings (SSSR count). The highest BCUT2D eigenvalue weighted by molar-refractivity contribution is 7.13. The van der Waals surface area contributed by atoms with Gasteiger partial charge in [-0.3, -0.25) is 0 Å². The Bertz CT molecular complexity index is 655. The van der Waals surface area contributed by atoms with Gasteiger partial charge in [0.05, 0.1) is 22.5 Å². The monoisotopic (exact) mass is 244 g/mol. The second kappa shape index (κ2) is 3.98. The minimum absolute atomic E-state index is 0.0649. The molecule has 0 aliphatic rings. The molecule has 86 valence electrons. The first-order valence-corrected chi connectivity index (χ1v) is 6.27. The van der Waals surface area contributed by atoms with E-state index in [1.165, 1.54) is 0 Å². The van der Waals surface area contributed by atoms with Gasteiger partial charge in [-0.15, -0.1) is 11.3 Å². The van der Waals surface area contributed by atoms with Gasteiger partial charge in [0.1, 0.15) is 0 Å².